The average Bonchev–Trinajstić information content (AvgIpc) is 2.54. The molecule has 1 heterocycles. The molecular weight excluding hydrogens is 238 g/mol. The van der Waals surface area contributed by atoms with Crippen molar-refractivity contribution < 1.29 is 4.79 Å². The van der Waals surface area contributed by atoms with Gasteiger partial charge in [0.1, 0.15) is 0 Å². The number of nitrogens with two attached hydrogens (primary N) is 1. The molecule has 0 atom stereocenters. The minimum Gasteiger partial charge on any atom is -0.273 e. The minimum atomic E-state index is 0. The first kappa shape index (κ1) is 13.8. The first-order valence-corrected chi connectivity index (χ1v) is 5.69. The molecular formula is C12H18ClN3O. The van der Waals surface area contributed by atoms with Gasteiger partial charge < -0.3 is 0 Å². The summed E-state index contributed by atoms with van der Waals surface area (Å²) in [5.41, 5.74) is 0.845. The van der Waals surface area contributed by atoms with Crippen LogP contribution in [0.4, 0.5) is 5.69 Å². The summed E-state index contributed by atoms with van der Waals surface area (Å²) in [4.78, 5) is 11.8. The molecule has 0 bridgehead atoms. The topological polar surface area (TPSA) is 49.6 Å². The number of anilines is 1. The predicted octanol–water partition coefficient (Wildman–Crippen LogP) is 2.11. The number of hydrogen-bond donors (Lipinski definition) is 1. The van der Waals surface area contributed by atoms with Crippen molar-refractivity contribution in [3.05, 3.63) is 30.3 Å². The first-order valence-electron chi connectivity index (χ1n) is 5.69. The van der Waals surface area contributed by atoms with E-state index >= 15 is 0 Å². The highest BCUT2D eigenvalue weighted by Gasteiger charge is 2.21. The maximum Gasteiger partial charge on any atom is 0.242 e. The van der Waals surface area contributed by atoms with E-state index in [2.05, 4.69) is 0 Å². The van der Waals surface area contributed by atoms with E-state index in [1.165, 1.54) is 5.12 Å². The third-order valence-electron chi connectivity index (χ3n) is 2.83. The Balaban J connectivity index is 0.00000144. The van der Waals surface area contributed by atoms with Gasteiger partial charge in [-0.3, -0.25) is 4.79 Å². The number of rotatable bonds is 2. The Kier molecular flexibility index (Phi) is 5.25. The van der Waals surface area contributed by atoms with E-state index in [1.807, 2.05) is 30.3 Å². The van der Waals surface area contributed by atoms with Crippen molar-refractivity contribution in [2.75, 3.05) is 11.7 Å². The van der Waals surface area contributed by atoms with Crippen molar-refractivity contribution in [2.45, 2.75) is 25.7 Å². The molecule has 94 valence electrons. The van der Waals surface area contributed by atoms with Gasteiger partial charge in [-0.2, -0.15) is 0 Å². The summed E-state index contributed by atoms with van der Waals surface area (Å²) in [6.45, 7) is 0.713. The van der Waals surface area contributed by atoms with Gasteiger partial charge in [0.2, 0.25) is 5.91 Å². The molecule has 1 aromatic carbocycles. The highest BCUT2D eigenvalue weighted by Crippen LogP contribution is 2.17. The van der Waals surface area contributed by atoms with Crippen LogP contribution >= 0.6 is 12.4 Å². The molecule has 1 aliphatic heterocycles. The van der Waals surface area contributed by atoms with Gasteiger partial charge in [-0.05, 0) is 25.0 Å². The van der Waals surface area contributed by atoms with Gasteiger partial charge in [-0.25, -0.2) is 16.0 Å². The van der Waals surface area contributed by atoms with Crippen LogP contribution in [0.2, 0.25) is 0 Å². The number of amides is 1. The maximum atomic E-state index is 11.8. The molecule has 0 aromatic heterocycles. The molecule has 4 nitrogen and oxygen atoms in total. The number of hydrazine groups is 2. The quantitative estimate of drug-likeness (QED) is 0.650. The van der Waals surface area contributed by atoms with E-state index in [-0.39, 0.29) is 18.3 Å². The van der Waals surface area contributed by atoms with E-state index in [1.54, 1.807) is 5.01 Å². The number of benzene rings is 1. The molecule has 1 amide bonds. The van der Waals surface area contributed by atoms with Gasteiger partial charge in [0.15, 0.2) is 0 Å². The van der Waals surface area contributed by atoms with Crippen LogP contribution in [0.5, 0.6) is 0 Å². The van der Waals surface area contributed by atoms with Crippen LogP contribution in [0.1, 0.15) is 25.7 Å². The smallest absolute Gasteiger partial charge is 0.242 e. The summed E-state index contributed by atoms with van der Waals surface area (Å²) in [7, 11) is 0. The Hall–Kier alpha value is -1.26. The van der Waals surface area contributed by atoms with Crippen molar-refractivity contribution in [3.8, 4) is 0 Å². The second kappa shape index (κ2) is 6.47. The van der Waals surface area contributed by atoms with Gasteiger partial charge in [0.25, 0.3) is 0 Å². The predicted molar refractivity (Wildman–Crippen MR) is 70.5 cm³/mol. The fourth-order valence-corrected chi connectivity index (χ4v) is 1.92. The zero-order valence-electron chi connectivity index (χ0n) is 9.71. The molecule has 1 fully saturated rings. The molecule has 2 N–H and O–H groups in total. The Labute approximate surface area is 108 Å². The van der Waals surface area contributed by atoms with Crippen LogP contribution in [-0.4, -0.2) is 17.5 Å². The summed E-state index contributed by atoms with van der Waals surface area (Å²) in [6, 6.07) is 9.56. The Morgan fingerprint density at radius 1 is 1.12 bits per heavy atom. The Bertz CT molecular complexity index is 358. The molecule has 0 radical (unpaired) electrons. The molecule has 0 unspecified atom stereocenters. The Morgan fingerprint density at radius 2 is 1.82 bits per heavy atom. The second-order valence-electron chi connectivity index (χ2n) is 4.01. The zero-order chi connectivity index (χ0) is 11.4. The number of carbonyl (C=O) groups excluding carboxylic acids is 1. The molecule has 1 aliphatic rings. The van der Waals surface area contributed by atoms with Crippen LogP contribution in [0.3, 0.4) is 0 Å². The lowest BCUT2D eigenvalue weighted by atomic mass is 10.2. The summed E-state index contributed by atoms with van der Waals surface area (Å²) in [6.07, 6.45) is 3.69. The summed E-state index contributed by atoms with van der Waals surface area (Å²) >= 11 is 0. The van der Waals surface area contributed by atoms with E-state index in [0.29, 0.717) is 13.0 Å². The van der Waals surface area contributed by atoms with Crippen LogP contribution in [0.25, 0.3) is 0 Å². The molecule has 5 heteroatoms. The lowest BCUT2D eigenvalue weighted by Gasteiger charge is -2.31. The lowest BCUT2D eigenvalue weighted by molar-refractivity contribution is -0.131. The van der Waals surface area contributed by atoms with E-state index in [4.69, 9.17) is 5.84 Å². The van der Waals surface area contributed by atoms with E-state index in [9.17, 15) is 4.79 Å². The van der Waals surface area contributed by atoms with Gasteiger partial charge in [-0.15, -0.1) is 12.4 Å². The molecule has 0 spiro atoms. The minimum absolute atomic E-state index is 0. The van der Waals surface area contributed by atoms with Crippen molar-refractivity contribution >= 4 is 24.0 Å². The number of para-hydroxylation sites is 1. The van der Waals surface area contributed by atoms with Crippen LogP contribution in [0.15, 0.2) is 30.3 Å². The highest BCUT2D eigenvalue weighted by molar-refractivity contribution is 5.85. The third kappa shape index (κ3) is 3.35. The standard InChI is InChI=1S/C12H17N3O.ClH/c13-15(11-7-3-1-4-8-11)14-10-6-2-5-9-12(14)16;/h1,3-4,7-8H,2,5-6,9-10,13H2;1H. The number of carbonyl (C=O) groups is 1. The highest BCUT2D eigenvalue weighted by atomic mass is 35.5. The summed E-state index contributed by atoms with van der Waals surface area (Å²) < 4.78 is 0. The second-order valence-corrected chi connectivity index (χ2v) is 4.01. The fraction of sp³-hybridized carbons (Fsp3) is 0.417. The SMILES string of the molecule is Cl.NN(c1ccccc1)N1CCCCCC1=O. The van der Waals surface area contributed by atoms with Crippen molar-refractivity contribution in [2.24, 2.45) is 5.84 Å². The van der Waals surface area contributed by atoms with Crippen molar-refractivity contribution in [1.29, 1.82) is 0 Å². The molecule has 17 heavy (non-hydrogen) atoms. The van der Waals surface area contributed by atoms with Gasteiger partial charge >= 0.3 is 0 Å². The molecule has 2 rings (SSSR count). The Morgan fingerprint density at radius 3 is 2.53 bits per heavy atom. The summed E-state index contributed by atoms with van der Waals surface area (Å²) in [5.74, 6) is 6.08. The molecule has 0 aliphatic carbocycles. The van der Waals surface area contributed by atoms with Crippen molar-refractivity contribution in [3.63, 3.8) is 0 Å². The number of hydrogen-bond acceptors (Lipinski definition) is 3. The first-order chi connectivity index (χ1) is 7.79. The zero-order valence-corrected chi connectivity index (χ0v) is 10.5. The number of halogens is 1. The van der Waals surface area contributed by atoms with Gasteiger partial charge in [0.05, 0.1) is 5.69 Å². The lowest BCUT2D eigenvalue weighted by Crippen LogP contribution is -2.51. The van der Waals surface area contributed by atoms with Crippen molar-refractivity contribution in [1.82, 2.24) is 5.01 Å². The fourth-order valence-electron chi connectivity index (χ4n) is 1.92. The van der Waals surface area contributed by atoms with Crippen LogP contribution in [0, 0.1) is 0 Å². The van der Waals surface area contributed by atoms with E-state index < -0.39 is 0 Å². The molecule has 1 saturated heterocycles. The third-order valence-corrected chi connectivity index (χ3v) is 2.83. The van der Waals surface area contributed by atoms with Gasteiger partial charge in [0, 0.05) is 13.0 Å². The van der Waals surface area contributed by atoms with E-state index in [0.717, 1.165) is 24.9 Å². The largest absolute Gasteiger partial charge is 0.273 e. The van der Waals surface area contributed by atoms with Gasteiger partial charge in [-0.1, -0.05) is 24.6 Å². The molecule has 1 aromatic rings. The maximum absolute atomic E-state index is 11.8. The average molecular weight is 256 g/mol. The monoisotopic (exact) mass is 255 g/mol. The molecule has 0 saturated carbocycles. The normalized spacial score (nSPS) is 16.1. The van der Waals surface area contributed by atoms with Crippen LogP contribution < -0.4 is 11.0 Å². The van der Waals surface area contributed by atoms with Crippen LogP contribution in [-0.2, 0) is 4.79 Å². The number of nitrogens with zero attached hydrogens (tertiary/aromatic N) is 2. The summed E-state index contributed by atoms with van der Waals surface area (Å²) in [5, 5.41) is 3.11.